The highest BCUT2D eigenvalue weighted by atomic mass is 35.5. The molecule has 0 bridgehead atoms. The van der Waals surface area contributed by atoms with E-state index < -0.39 is 77.3 Å². The summed E-state index contributed by atoms with van der Waals surface area (Å²) in [6.07, 6.45) is -0.487. The molecular formula is C38H49Cl2N3O9. The van der Waals surface area contributed by atoms with Crippen LogP contribution >= 0.6 is 23.2 Å². The quantitative estimate of drug-likeness (QED) is 0.125. The number of nitrogens with one attached hydrogen (secondary N) is 2. The standard InChI is InChI=1S/C38H49Cl2N3O9/c1-22(2)17-30-36(47)50-28(23(3)34(52-32(45)20-41)33(40)25-11-8-7-9-12-25)13-10-14-31(44)43-27(19-24-15-16-29(49-6)26(39)18-24)35(46)42-21-38(4,5)37(48)51-30/h7-13,15-16,18,22-23,27-28,30,33-34H,14,17,19-21,41H2,1-6H3,(H,42,46)(H,43,44)/t23-,27+,28-,30-,33-,34+/m0/s1. The zero-order chi connectivity index (χ0) is 38.6. The number of hydrogen-bond acceptors (Lipinski definition) is 10. The van der Waals surface area contributed by atoms with Crippen LogP contribution in [-0.4, -0.2) is 74.3 Å². The Hall–Kier alpha value is -4.13. The Morgan fingerprint density at radius 2 is 1.75 bits per heavy atom. The summed E-state index contributed by atoms with van der Waals surface area (Å²) in [6, 6.07) is 12.9. The number of ether oxygens (including phenoxy) is 4. The van der Waals surface area contributed by atoms with Gasteiger partial charge in [-0.05, 0) is 55.5 Å². The minimum atomic E-state index is -1.31. The average molecular weight is 763 g/mol. The van der Waals surface area contributed by atoms with Crippen molar-refractivity contribution in [3.8, 4) is 5.75 Å². The monoisotopic (exact) mass is 761 g/mol. The minimum absolute atomic E-state index is 0.0778. The van der Waals surface area contributed by atoms with E-state index in [9.17, 15) is 24.0 Å². The fourth-order valence-electron chi connectivity index (χ4n) is 5.44. The Morgan fingerprint density at radius 3 is 2.37 bits per heavy atom. The highest BCUT2D eigenvalue weighted by Gasteiger charge is 2.40. The third-order valence-corrected chi connectivity index (χ3v) is 9.32. The summed E-state index contributed by atoms with van der Waals surface area (Å²) in [5.41, 5.74) is 5.60. The summed E-state index contributed by atoms with van der Waals surface area (Å²) in [7, 11) is 1.48. The van der Waals surface area contributed by atoms with Crippen LogP contribution in [-0.2, 0) is 44.6 Å². The van der Waals surface area contributed by atoms with E-state index >= 15 is 0 Å². The zero-order valence-corrected chi connectivity index (χ0v) is 31.9. The van der Waals surface area contributed by atoms with Crippen LogP contribution < -0.4 is 21.1 Å². The number of carbonyl (C=O) groups is 5. The number of benzene rings is 2. The molecule has 0 aliphatic carbocycles. The maximum Gasteiger partial charge on any atom is 0.348 e. The van der Waals surface area contributed by atoms with Gasteiger partial charge in [-0.1, -0.05) is 74.8 Å². The number of amides is 2. The average Bonchev–Trinajstić information content (AvgIpc) is 3.10. The maximum atomic E-state index is 13.8. The van der Waals surface area contributed by atoms with Crippen molar-refractivity contribution in [3.05, 3.63) is 76.8 Å². The smallest absolute Gasteiger partial charge is 0.348 e. The molecule has 1 aliphatic rings. The second kappa shape index (κ2) is 19.6. The Morgan fingerprint density at radius 1 is 1.06 bits per heavy atom. The van der Waals surface area contributed by atoms with E-state index in [1.165, 1.54) is 19.3 Å². The van der Waals surface area contributed by atoms with Gasteiger partial charge in [0.1, 0.15) is 24.0 Å². The van der Waals surface area contributed by atoms with Crippen LogP contribution in [0.2, 0.25) is 5.02 Å². The summed E-state index contributed by atoms with van der Waals surface area (Å²) in [4.78, 5) is 66.7. The van der Waals surface area contributed by atoms with Crippen molar-refractivity contribution in [2.45, 2.75) is 83.6 Å². The number of cyclic esters (lactones) is 2. The first-order chi connectivity index (χ1) is 24.6. The first-order valence-electron chi connectivity index (χ1n) is 17.1. The van der Waals surface area contributed by atoms with Gasteiger partial charge in [-0.2, -0.15) is 0 Å². The molecule has 284 valence electrons. The van der Waals surface area contributed by atoms with Crippen LogP contribution in [0.4, 0.5) is 0 Å². The minimum Gasteiger partial charge on any atom is -0.495 e. The normalized spacial score (nSPS) is 21.9. The Bertz CT molecular complexity index is 1580. The van der Waals surface area contributed by atoms with E-state index in [1.54, 1.807) is 63.2 Å². The zero-order valence-electron chi connectivity index (χ0n) is 30.4. The molecule has 12 nitrogen and oxygen atoms in total. The van der Waals surface area contributed by atoms with Gasteiger partial charge >= 0.3 is 17.9 Å². The SMILES string of the molecule is COc1ccc(C[C@H]2NC(=O)CC=C[C@@H]([C@H](C)[C@@H](OC(=O)CN)[C@@H](Cl)c3ccccc3)OC(=O)[C@H](CC(C)C)OC(=O)C(C)(C)CNC2=O)cc1Cl. The van der Waals surface area contributed by atoms with E-state index in [4.69, 9.17) is 47.9 Å². The van der Waals surface area contributed by atoms with Crippen molar-refractivity contribution < 1.29 is 42.9 Å². The molecule has 1 heterocycles. The van der Waals surface area contributed by atoms with E-state index in [2.05, 4.69) is 10.6 Å². The molecule has 0 saturated carbocycles. The molecule has 1 aliphatic heterocycles. The molecule has 2 aromatic rings. The lowest BCUT2D eigenvalue weighted by Crippen LogP contribution is -2.51. The van der Waals surface area contributed by atoms with Crippen LogP contribution in [0.3, 0.4) is 0 Å². The molecule has 0 spiro atoms. The maximum absolute atomic E-state index is 13.8. The van der Waals surface area contributed by atoms with Crippen LogP contribution in [0.25, 0.3) is 0 Å². The number of halogens is 2. The molecule has 0 unspecified atom stereocenters. The Kier molecular flexibility index (Phi) is 16.0. The van der Waals surface area contributed by atoms with Crippen LogP contribution in [0.15, 0.2) is 60.7 Å². The molecule has 0 radical (unpaired) electrons. The summed E-state index contributed by atoms with van der Waals surface area (Å²) in [6.45, 7) is 7.97. The van der Waals surface area contributed by atoms with Gasteiger partial charge in [0.05, 0.1) is 29.5 Å². The lowest BCUT2D eigenvalue weighted by molar-refractivity contribution is -0.179. The van der Waals surface area contributed by atoms with Crippen LogP contribution in [0.5, 0.6) is 5.75 Å². The van der Waals surface area contributed by atoms with Crippen molar-refractivity contribution in [2.75, 3.05) is 20.2 Å². The molecule has 6 atom stereocenters. The number of rotatable bonds is 11. The summed E-state index contributed by atoms with van der Waals surface area (Å²) in [5, 5.41) is 4.96. The lowest BCUT2D eigenvalue weighted by Gasteiger charge is -2.33. The molecule has 52 heavy (non-hydrogen) atoms. The summed E-state index contributed by atoms with van der Waals surface area (Å²) < 4.78 is 22.7. The van der Waals surface area contributed by atoms with Gasteiger partial charge < -0.3 is 35.3 Å². The van der Waals surface area contributed by atoms with Gasteiger partial charge in [-0.3, -0.25) is 19.2 Å². The second-order valence-corrected chi connectivity index (χ2v) is 14.7. The number of alkyl halides is 1. The van der Waals surface area contributed by atoms with E-state index in [0.717, 1.165) is 0 Å². The molecular weight excluding hydrogens is 713 g/mol. The molecule has 4 N–H and O–H groups in total. The number of esters is 3. The van der Waals surface area contributed by atoms with Crippen LogP contribution in [0.1, 0.15) is 64.0 Å². The molecule has 2 aromatic carbocycles. The summed E-state index contributed by atoms with van der Waals surface area (Å²) in [5.74, 6) is -3.78. The largest absolute Gasteiger partial charge is 0.495 e. The highest BCUT2D eigenvalue weighted by molar-refractivity contribution is 6.32. The second-order valence-electron chi connectivity index (χ2n) is 13.8. The number of hydrogen-bond donors (Lipinski definition) is 3. The van der Waals surface area contributed by atoms with Gasteiger partial charge in [0.25, 0.3) is 0 Å². The third-order valence-electron chi connectivity index (χ3n) is 8.52. The first kappa shape index (κ1) is 42.3. The van der Waals surface area contributed by atoms with Gasteiger partial charge in [0, 0.05) is 25.3 Å². The molecule has 3 rings (SSSR count). The third kappa shape index (κ3) is 12.2. The Balaban J connectivity index is 2.04. The van der Waals surface area contributed by atoms with E-state index in [1.807, 2.05) is 19.9 Å². The van der Waals surface area contributed by atoms with E-state index in [0.29, 0.717) is 21.9 Å². The summed E-state index contributed by atoms with van der Waals surface area (Å²) >= 11 is 13.2. The molecule has 0 saturated heterocycles. The van der Waals surface area contributed by atoms with Crippen molar-refractivity contribution in [1.29, 1.82) is 0 Å². The topological polar surface area (TPSA) is 172 Å². The first-order valence-corrected chi connectivity index (χ1v) is 17.9. The molecule has 2 amide bonds. The molecule has 0 fully saturated rings. The van der Waals surface area contributed by atoms with Gasteiger partial charge in [-0.25, -0.2) is 4.79 Å². The molecule has 0 aromatic heterocycles. The molecule has 14 heteroatoms. The number of methoxy groups -OCH3 is 1. The predicted octanol–water partition coefficient (Wildman–Crippen LogP) is 4.83. The van der Waals surface area contributed by atoms with Crippen molar-refractivity contribution >= 4 is 52.9 Å². The van der Waals surface area contributed by atoms with E-state index in [-0.39, 0.29) is 31.7 Å². The van der Waals surface area contributed by atoms with Crippen molar-refractivity contribution in [1.82, 2.24) is 10.6 Å². The van der Waals surface area contributed by atoms with Gasteiger partial charge in [0.2, 0.25) is 11.8 Å². The van der Waals surface area contributed by atoms with Gasteiger partial charge in [-0.15, -0.1) is 11.6 Å². The lowest BCUT2D eigenvalue weighted by atomic mass is 9.91. The fraction of sp³-hybridized carbons (Fsp3) is 0.500. The Labute approximate surface area is 315 Å². The van der Waals surface area contributed by atoms with Gasteiger partial charge in [0.15, 0.2) is 6.10 Å². The van der Waals surface area contributed by atoms with Crippen LogP contribution in [0, 0.1) is 17.3 Å². The van der Waals surface area contributed by atoms with Crippen molar-refractivity contribution in [3.63, 3.8) is 0 Å². The number of carbonyl (C=O) groups excluding carboxylic acids is 5. The fourth-order valence-corrected chi connectivity index (χ4v) is 6.14. The number of nitrogens with two attached hydrogens (primary N) is 1. The predicted molar refractivity (Wildman–Crippen MR) is 197 cm³/mol. The van der Waals surface area contributed by atoms with Crippen molar-refractivity contribution in [2.24, 2.45) is 23.0 Å². The highest BCUT2D eigenvalue weighted by Crippen LogP contribution is 2.34.